The number of nitrogens with zero attached hydrogens (tertiary/aromatic N) is 3. The monoisotopic (exact) mass is 416 g/mol. The molecule has 3 heterocycles. The average Bonchev–Trinajstić information content (AvgIpc) is 3.26. The van der Waals surface area contributed by atoms with E-state index in [0.717, 1.165) is 9.88 Å². The van der Waals surface area contributed by atoms with Gasteiger partial charge in [-0.15, -0.1) is 22.7 Å². The molecule has 0 bridgehead atoms. The van der Waals surface area contributed by atoms with E-state index in [9.17, 15) is 9.59 Å². The van der Waals surface area contributed by atoms with E-state index in [1.807, 2.05) is 24.4 Å². The number of thiazole rings is 1. The van der Waals surface area contributed by atoms with Gasteiger partial charge in [-0.2, -0.15) is 4.98 Å². The number of rotatable bonds is 4. The number of fused-ring (bicyclic) bond motifs is 1. The van der Waals surface area contributed by atoms with E-state index < -0.39 is 5.69 Å². The number of thiophene rings is 1. The molecular weight excluding hydrogens is 404 g/mol. The number of carbonyl (C=O) groups excluding carboxylic acids is 1. The molecule has 4 aromatic rings. The minimum atomic E-state index is -0.476. The molecule has 0 atom stereocenters. The molecule has 0 saturated heterocycles. The molecule has 0 fully saturated rings. The first-order valence-electron chi connectivity index (χ1n) is 7.98. The topological polar surface area (TPSA) is 76.9 Å². The summed E-state index contributed by atoms with van der Waals surface area (Å²) >= 11 is 8.80. The van der Waals surface area contributed by atoms with Crippen LogP contribution < -0.4 is 11.0 Å². The highest BCUT2D eigenvalue weighted by Gasteiger charge is 2.18. The van der Waals surface area contributed by atoms with Crippen molar-refractivity contribution >= 4 is 56.2 Å². The number of anilines is 1. The third-order valence-corrected chi connectivity index (χ3v) is 5.89. The molecular formula is C18H13ClN4O2S2. The largest absolute Gasteiger partial charge is 0.349 e. The molecule has 0 unspecified atom stereocenters. The molecule has 9 heteroatoms. The van der Waals surface area contributed by atoms with E-state index in [4.69, 9.17) is 11.6 Å². The standard InChI is InChI=1S/C18H13ClN4O2S2/c1-10-20-16-15(13-6-3-7-26-13)22-18(25)23(17(16)27-10)9-14(24)21-12-5-2-4-11(19)8-12/h2-8H,9H2,1H3,(H,21,24). The Morgan fingerprint density at radius 2 is 2.11 bits per heavy atom. The minimum absolute atomic E-state index is 0.152. The van der Waals surface area contributed by atoms with Crippen molar-refractivity contribution in [2.24, 2.45) is 0 Å². The van der Waals surface area contributed by atoms with Crippen LogP contribution in [0.5, 0.6) is 0 Å². The fourth-order valence-electron chi connectivity index (χ4n) is 2.68. The predicted molar refractivity (Wildman–Crippen MR) is 110 cm³/mol. The van der Waals surface area contributed by atoms with E-state index in [2.05, 4.69) is 15.3 Å². The quantitative estimate of drug-likeness (QED) is 0.541. The van der Waals surface area contributed by atoms with Gasteiger partial charge in [-0.25, -0.2) is 9.78 Å². The molecule has 3 aromatic heterocycles. The van der Waals surface area contributed by atoms with Crippen molar-refractivity contribution in [1.82, 2.24) is 14.5 Å². The fraction of sp³-hybridized carbons (Fsp3) is 0.111. The third-order valence-electron chi connectivity index (χ3n) is 3.79. The lowest BCUT2D eigenvalue weighted by molar-refractivity contribution is -0.116. The molecule has 27 heavy (non-hydrogen) atoms. The van der Waals surface area contributed by atoms with Crippen LogP contribution in [-0.4, -0.2) is 20.4 Å². The maximum absolute atomic E-state index is 12.6. The van der Waals surface area contributed by atoms with Gasteiger partial charge >= 0.3 is 5.69 Å². The fourth-order valence-corrected chi connectivity index (χ4v) is 4.50. The Bertz CT molecular complexity index is 1200. The molecule has 1 amide bonds. The lowest BCUT2D eigenvalue weighted by Gasteiger charge is -2.09. The second-order valence-corrected chi connectivity index (χ2v) is 8.32. The summed E-state index contributed by atoms with van der Waals surface area (Å²) in [5, 5.41) is 6.00. The first-order valence-corrected chi connectivity index (χ1v) is 10.1. The maximum Gasteiger partial charge on any atom is 0.349 e. The van der Waals surface area contributed by atoms with E-state index in [1.54, 1.807) is 24.3 Å². The normalized spacial score (nSPS) is 11.0. The lowest BCUT2D eigenvalue weighted by Crippen LogP contribution is -2.29. The molecule has 6 nitrogen and oxygen atoms in total. The van der Waals surface area contributed by atoms with Crippen molar-refractivity contribution in [1.29, 1.82) is 0 Å². The number of amides is 1. The van der Waals surface area contributed by atoms with Crippen molar-refractivity contribution in [3.8, 4) is 10.6 Å². The summed E-state index contributed by atoms with van der Waals surface area (Å²) in [5.74, 6) is -0.336. The van der Waals surface area contributed by atoms with Gasteiger partial charge in [0.1, 0.15) is 22.6 Å². The zero-order chi connectivity index (χ0) is 19.0. The van der Waals surface area contributed by atoms with Gasteiger partial charge in [0.25, 0.3) is 0 Å². The number of aryl methyl sites for hydroxylation is 1. The third kappa shape index (κ3) is 3.64. The summed E-state index contributed by atoms with van der Waals surface area (Å²) < 4.78 is 1.36. The molecule has 0 radical (unpaired) electrons. The number of nitrogens with one attached hydrogen (secondary N) is 1. The van der Waals surface area contributed by atoms with Crippen LogP contribution >= 0.6 is 34.3 Å². The Morgan fingerprint density at radius 1 is 1.26 bits per heavy atom. The summed E-state index contributed by atoms with van der Waals surface area (Å²) in [6, 6.07) is 10.6. The Hall–Kier alpha value is -2.55. The zero-order valence-corrected chi connectivity index (χ0v) is 16.5. The summed E-state index contributed by atoms with van der Waals surface area (Å²) in [7, 11) is 0. The molecule has 0 aliphatic rings. The second-order valence-electron chi connectivity index (χ2n) is 5.75. The SMILES string of the molecule is Cc1nc2c(-c3cccs3)nc(=O)n(CC(=O)Nc3cccc(Cl)c3)c2s1. The van der Waals surface area contributed by atoms with Gasteiger partial charge in [0.15, 0.2) is 0 Å². The molecule has 4 rings (SSSR count). The van der Waals surface area contributed by atoms with Crippen molar-refractivity contribution < 1.29 is 4.79 Å². The van der Waals surface area contributed by atoms with Gasteiger partial charge in [-0.05, 0) is 36.6 Å². The van der Waals surface area contributed by atoms with Crippen molar-refractivity contribution in [3.63, 3.8) is 0 Å². The Kier molecular flexibility index (Phi) is 4.77. The minimum Gasteiger partial charge on any atom is -0.324 e. The molecule has 1 aromatic carbocycles. The number of hydrogen-bond donors (Lipinski definition) is 1. The van der Waals surface area contributed by atoms with Crippen molar-refractivity contribution in [3.05, 3.63) is 62.3 Å². The van der Waals surface area contributed by atoms with Crippen LogP contribution in [0.2, 0.25) is 5.02 Å². The molecule has 0 spiro atoms. The first kappa shape index (κ1) is 17.8. The van der Waals surface area contributed by atoms with Crippen LogP contribution in [-0.2, 0) is 11.3 Å². The molecule has 1 N–H and O–H groups in total. The van der Waals surface area contributed by atoms with E-state index in [1.165, 1.54) is 27.2 Å². The Balaban J connectivity index is 1.72. The Morgan fingerprint density at radius 3 is 2.85 bits per heavy atom. The summed E-state index contributed by atoms with van der Waals surface area (Å²) in [4.78, 5) is 35.3. The van der Waals surface area contributed by atoms with Gasteiger partial charge in [-0.3, -0.25) is 9.36 Å². The highest BCUT2D eigenvalue weighted by molar-refractivity contribution is 7.18. The van der Waals surface area contributed by atoms with Crippen molar-refractivity contribution in [2.45, 2.75) is 13.5 Å². The first-order chi connectivity index (χ1) is 13.0. The van der Waals surface area contributed by atoms with Gasteiger partial charge in [-0.1, -0.05) is 23.7 Å². The van der Waals surface area contributed by atoms with Crippen LogP contribution in [0.15, 0.2) is 46.6 Å². The van der Waals surface area contributed by atoms with Gasteiger partial charge in [0.2, 0.25) is 5.91 Å². The summed E-state index contributed by atoms with van der Waals surface area (Å²) in [6.45, 7) is 1.71. The summed E-state index contributed by atoms with van der Waals surface area (Å²) in [5.41, 5.74) is 1.28. The summed E-state index contributed by atoms with van der Waals surface area (Å²) in [6.07, 6.45) is 0. The van der Waals surface area contributed by atoms with Crippen LogP contribution in [0.3, 0.4) is 0 Å². The number of carbonyl (C=O) groups is 1. The van der Waals surface area contributed by atoms with Crippen LogP contribution in [0.4, 0.5) is 5.69 Å². The highest BCUT2D eigenvalue weighted by Crippen LogP contribution is 2.31. The Labute approximate surface area is 167 Å². The maximum atomic E-state index is 12.6. The van der Waals surface area contributed by atoms with Gasteiger partial charge < -0.3 is 5.32 Å². The number of halogens is 1. The highest BCUT2D eigenvalue weighted by atomic mass is 35.5. The second kappa shape index (κ2) is 7.22. The number of benzene rings is 1. The smallest absolute Gasteiger partial charge is 0.324 e. The van der Waals surface area contributed by atoms with Crippen molar-refractivity contribution in [2.75, 3.05) is 5.32 Å². The predicted octanol–water partition coefficient (Wildman–Crippen LogP) is 4.18. The van der Waals surface area contributed by atoms with Crippen LogP contribution in [0, 0.1) is 6.92 Å². The van der Waals surface area contributed by atoms with Gasteiger partial charge in [0, 0.05) is 10.7 Å². The van der Waals surface area contributed by atoms with Crippen LogP contribution in [0.1, 0.15) is 5.01 Å². The van der Waals surface area contributed by atoms with Gasteiger partial charge in [0.05, 0.1) is 9.88 Å². The number of aromatic nitrogens is 3. The molecule has 136 valence electrons. The van der Waals surface area contributed by atoms with E-state index in [-0.39, 0.29) is 12.5 Å². The van der Waals surface area contributed by atoms with E-state index >= 15 is 0 Å². The molecule has 0 aliphatic heterocycles. The van der Waals surface area contributed by atoms with E-state index in [0.29, 0.717) is 26.8 Å². The molecule has 0 aliphatic carbocycles. The van der Waals surface area contributed by atoms with Crippen LogP contribution in [0.25, 0.3) is 20.9 Å². The average molecular weight is 417 g/mol. The number of hydrogen-bond acceptors (Lipinski definition) is 6. The molecule has 0 saturated carbocycles. The lowest BCUT2D eigenvalue weighted by atomic mass is 10.3. The zero-order valence-electron chi connectivity index (χ0n) is 14.1.